The molecule has 2 N–H and O–H groups in total. The molecule has 1 saturated heterocycles. The van der Waals surface area contributed by atoms with Gasteiger partial charge in [0.15, 0.2) is 0 Å². The largest absolute Gasteiger partial charge is 0.393 e. The molecule has 4 nitrogen and oxygen atoms in total. The standard InChI is InChI=1S/C14H28N2O2/c1-11(2)6-7-15-14(18)10-16-8-4-5-13(16)9-12(3)17/h11-13,17H,4-10H2,1-3H3,(H,15,18). The smallest absolute Gasteiger partial charge is 0.234 e. The summed E-state index contributed by atoms with van der Waals surface area (Å²) >= 11 is 0. The molecule has 2 unspecified atom stereocenters. The van der Waals surface area contributed by atoms with Crippen molar-refractivity contribution in [2.45, 2.75) is 58.6 Å². The predicted molar refractivity (Wildman–Crippen MR) is 73.4 cm³/mol. The topological polar surface area (TPSA) is 52.6 Å². The fourth-order valence-electron chi connectivity index (χ4n) is 2.50. The zero-order chi connectivity index (χ0) is 13.5. The van der Waals surface area contributed by atoms with Gasteiger partial charge in [0.05, 0.1) is 12.6 Å². The highest BCUT2D eigenvalue weighted by Crippen LogP contribution is 2.20. The molecule has 1 amide bonds. The van der Waals surface area contributed by atoms with E-state index in [9.17, 15) is 9.90 Å². The van der Waals surface area contributed by atoms with Crippen molar-refractivity contribution in [3.63, 3.8) is 0 Å². The second-order valence-corrected chi connectivity index (χ2v) is 5.88. The van der Waals surface area contributed by atoms with Gasteiger partial charge in [-0.2, -0.15) is 0 Å². The third-order valence-corrected chi connectivity index (χ3v) is 3.50. The van der Waals surface area contributed by atoms with Gasteiger partial charge in [-0.05, 0) is 45.1 Å². The van der Waals surface area contributed by atoms with E-state index >= 15 is 0 Å². The second kappa shape index (κ2) is 7.74. The molecule has 0 aliphatic carbocycles. The normalized spacial score (nSPS) is 22.4. The summed E-state index contributed by atoms with van der Waals surface area (Å²) in [6, 6.07) is 0.376. The number of carbonyl (C=O) groups is 1. The highest BCUT2D eigenvalue weighted by atomic mass is 16.3. The lowest BCUT2D eigenvalue weighted by Crippen LogP contribution is -2.41. The zero-order valence-electron chi connectivity index (χ0n) is 12.0. The monoisotopic (exact) mass is 256 g/mol. The summed E-state index contributed by atoms with van der Waals surface area (Å²) in [6.07, 6.45) is 3.77. The molecule has 1 rings (SSSR count). The van der Waals surface area contributed by atoms with Crippen LogP contribution in [-0.4, -0.2) is 47.7 Å². The van der Waals surface area contributed by atoms with Crippen LogP contribution in [-0.2, 0) is 4.79 Å². The highest BCUT2D eigenvalue weighted by Gasteiger charge is 2.26. The number of rotatable bonds is 7. The van der Waals surface area contributed by atoms with Crippen molar-refractivity contribution < 1.29 is 9.90 Å². The third-order valence-electron chi connectivity index (χ3n) is 3.50. The zero-order valence-corrected chi connectivity index (χ0v) is 12.0. The molecule has 0 spiro atoms. The molecule has 1 heterocycles. The molecule has 4 heteroatoms. The van der Waals surface area contributed by atoms with Crippen molar-refractivity contribution in [2.24, 2.45) is 5.92 Å². The van der Waals surface area contributed by atoms with E-state index in [4.69, 9.17) is 0 Å². The lowest BCUT2D eigenvalue weighted by Gasteiger charge is -2.24. The predicted octanol–water partition coefficient (Wildman–Crippen LogP) is 1.38. The number of hydrogen-bond donors (Lipinski definition) is 2. The molecule has 0 radical (unpaired) electrons. The number of amides is 1. The Morgan fingerprint density at radius 3 is 2.78 bits per heavy atom. The first-order chi connectivity index (χ1) is 8.49. The van der Waals surface area contributed by atoms with Crippen LogP contribution in [0, 0.1) is 5.92 Å². The Morgan fingerprint density at radius 1 is 1.44 bits per heavy atom. The van der Waals surface area contributed by atoms with Gasteiger partial charge in [0.2, 0.25) is 5.91 Å². The van der Waals surface area contributed by atoms with Crippen molar-refractivity contribution in [1.82, 2.24) is 10.2 Å². The molecule has 106 valence electrons. The van der Waals surface area contributed by atoms with Crippen LogP contribution in [0.25, 0.3) is 0 Å². The molecule has 0 saturated carbocycles. The Labute approximate surface area is 111 Å². The van der Waals surface area contributed by atoms with Gasteiger partial charge in [-0.15, -0.1) is 0 Å². The fourth-order valence-corrected chi connectivity index (χ4v) is 2.50. The van der Waals surface area contributed by atoms with E-state index in [0.29, 0.717) is 18.5 Å². The molecule has 0 bridgehead atoms. The summed E-state index contributed by atoms with van der Waals surface area (Å²) in [5, 5.41) is 12.4. The minimum atomic E-state index is -0.278. The minimum absolute atomic E-state index is 0.119. The van der Waals surface area contributed by atoms with E-state index in [2.05, 4.69) is 24.1 Å². The van der Waals surface area contributed by atoms with E-state index in [1.54, 1.807) is 0 Å². The van der Waals surface area contributed by atoms with E-state index < -0.39 is 0 Å². The summed E-state index contributed by atoms with van der Waals surface area (Å²) in [5.41, 5.74) is 0. The number of likely N-dealkylation sites (tertiary alicyclic amines) is 1. The number of hydrogen-bond acceptors (Lipinski definition) is 3. The first-order valence-electron chi connectivity index (χ1n) is 7.18. The van der Waals surface area contributed by atoms with Crippen LogP contribution < -0.4 is 5.32 Å². The molecule has 0 aromatic carbocycles. The van der Waals surface area contributed by atoms with Gasteiger partial charge in [0.25, 0.3) is 0 Å². The number of nitrogens with one attached hydrogen (secondary N) is 1. The Bertz CT molecular complexity index is 254. The Hall–Kier alpha value is -0.610. The summed E-state index contributed by atoms with van der Waals surface area (Å²) in [5.74, 6) is 0.744. The number of carbonyl (C=O) groups excluding carboxylic acids is 1. The van der Waals surface area contributed by atoms with Crippen molar-refractivity contribution >= 4 is 5.91 Å². The van der Waals surface area contributed by atoms with Gasteiger partial charge < -0.3 is 10.4 Å². The Morgan fingerprint density at radius 2 is 2.17 bits per heavy atom. The Kier molecular flexibility index (Phi) is 6.65. The average Bonchev–Trinajstić information content (AvgIpc) is 2.64. The van der Waals surface area contributed by atoms with Gasteiger partial charge in [0.1, 0.15) is 0 Å². The van der Waals surface area contributed by atoms with Crippen LogP contribution in [0.5, 0.6) is 0 Å². The molecule has 0 aromatic heterocycles. The van der Waals surface area contributed by atoms with Gasteiger partial charge in [0, 0.05) is 12.6 Å². The van der Waals surface area contributed by atoms with Crippen molar-refractivity contribution in [1.29, 1.82) is 0 Å². The van der Waals surface area contributed by atoms with Gasteiger partial charge in [-0.25, -0.2) is 0 Å². The molecule has 1 aliphatic rings. The molecule has 2 atom stereocenters. The van der Waals surface area contributed by atoms with Crippen LogP contribution in [0.1, 0.15) is 46.5 Å². The summed E-state index contributed by atoms with van der Waals surface area (Å²) in [4.78, 5) is 14.0. The molecule has 1 fully saturated rings. The lowest BCUT2D eigenvalue weighted by atomic mass is 10.1. The van der Waals surface area contributed by atoms with Gasteiger partial charge in [-0.1, -0.05) is 13.8 Å². The van der Waals surface area contributed by atoms with Crippen LogP contribution in [0.15, 0.2) is 0 Å². The fraction of sp³-hybridized carbons (Fsp3) is 0.929. The Balaban J connectivity index is 2.25. The SMILES string of the molecule is CC(C)CCNC(=O)CN1CCCC1CC(C)O. The maximum Gasteiger partial charge on any atom is 0.234 e. The van der Waals surface area contributed by atoms with E-state index in [-0.39, 0.29) is 12.0 Å². The van der Waals surface area contributed by atoms with Crippen LogP contribution >= 0.6 is 0 Å². The number of aliphatic hydroxyl groups excluding tert-OH is 1. The molecule has 18 heavy (non-hydrogen) atoms. The first kappa shape index (κ1) is 15.4. The quantitative estimate of drug-likeness (QED) is 0.723. The van der Waals surface area contributed by atoms with Crippen molar-refractivity contribution in [2.75, 3.05) is 19.6 Å². The number of nitrogens with zero attached hydrogens (tertiary/aromatic N) is 1. The third kappa shape index (κ3) is 5.83. The van der Waals surface area contributed by atoms with Gasteiger partial charge >= 0.3 is 0 Å². The molecular weight excluding hydrogens is 228 g/mol. The molecule has 0 aromatic rings. The first-order valence-corrected chi connectivity index (χ1v) is 7.18. The second-order valence-electron chi connectivity index (χ2n) is 5.88. The molecular formula is C14H28N2O2. The van der Waals surface area contributed by atoms with Crippen LogP contribution in [0.3, 0.4) is 0 Å². The van der Waals surface area contributed by atoms with Crippen molar-refractivity contribution in [3.8, 4) is 0 Å². The summed E-state index contributed by atoms with van der Waals surface area (Å²) in [6.45, 7) is 8.37. The average molecular weight is 256 g/mol. The molecule has 1 aliphatic heterocycles. The minimum Gasteiger partial charge on any atom is -0.393 e. The summed E-state index contributed by atoms with van der Waals surface area (Å²) in [7, 11) is 0. The van der Waals surface area contributed by atoms with E-state index in [1.807, 2.05) is 6.92 Å². The maximum atomic E-state index is 11.8. The van der Waals surface area contributed by atoms with Crippen LogP contribution in [0.2, 0.25) is 0 Å². The maximum absolute atomic E-state index is 11.8. The number of aliphatic hydroxyl groups is 1. The van der Waals surface area contributed by atoms with Gasteiger partial charge in [-0.3, -0.25) is 9.69 Å². The van der Waals surface area contributed by atoms with E-state index in [1.165, 1.54) is 0 Å². The van der Waals surface area contributed by atoms with E-state index in [0.717, 1.165) is 38.8 Å². The highest BCUT2D eigenvalue weighted by molar-refractivity contribution is 5.78. The summed E-state index contributed by atoms with van der Waals surface area (Å²) < 4.78 is 0. The van der Waals surface area contributed by atoms with Crippen molar-refractivity contribution in [3.05, 3.63) is 0 Å². The van der Waals surface area contributed by atoms with Crippen LogP contribution in [0.4, 0.5) is 0 Å². The lowest BCUT2D eigenvalue weighted by molar-refractivity contribution is -0.122.